The Labute approximate surface area is 129 Å². The van der Waals surface area contributed by atoms with Crippen molar-refractivity contribution in [3.8, 4) is 0 Å². The highest BCUT2D eigenvalue weighted by molar-refractivity contribution is 14.1. The molecule has 0 aliphatic rings. The van der Waals surface area contributed by atoms with Gasteiger partial charge in [-0.25, -0.2) is 0 Å². The zero-order valence-electron chi connectivity index (χ0n) is 10.1. The van der Waals surface area contributed by atoms with Crippen molar-refractivity contribution in [2.45, 2.75) is 18.9 Å². The first kappa shape index (κ1) is 14.0. The van der Waals surface area contributed by atoms with E-state index in [9.17, 15) is 0 Å². The van der Waals surface area contributed by atoms with Crippen molar-refractivity contribution in [1.29, 1.82) is 0 Å². The minimum Gasteiger partial charge on any atom is -0.324 e. The molecule has 0 spiro atoms. The van der Waals surface area contributed by atoms with Crippen molar-refractivity contribution in [1.82, 2.24) is 9.78 Å². The van der Waals surface area contributed by atoms with Crippen molar-refractivity contribution in [3.63, 3.8) is 0 Å². The summed E-state index contributed by atoms with van der Waals surface area (Å²) in [5.74, 6) is 0. The van der Waals surface area contributed by atoms with Gasteiger partial charge in [0, 0.05) is 27.3 Å². The summed E-state index contributed by atoms with van der Waals surface area (Å²) in [6.45, 7) is 0. The summed E-state index contributed by atoms with van der Waals surface area (Å²) >= 11 is 5.87. The summed E-state index contributed by atoms with van der Waals surface area (Å²) in [4.78, 5) is 0. The van der Waals surface area contributed by atoms with E-state index < -0.39 is 0 Å². The van der Waals surface area contributed by atoms with E-state index in [-0.39, 0.29) is 6.04 Å². The second kappa shape index (κ2) is 6.16. The number of halogens is 2. The standard InChI is InChI=1S/C13H15BrIN3/c1-18-8-9(7-17-18)2-5-13(16)11-6-10(15)3-4-12(11)14/h3-4,6-8,13H,2,5,16H2,1H3. The molecule has 0 fully saturated rings. The number of hydrogen-bond acceptors (Lipinski definition) is 2. The number of hydrogen-bond donors (Lipinski definition) is 1. The Bertz CT molecular complexity index is 539. The van der Waals surface area contributed by atoms with Gasteiger partial charge in [0.15, 0.2) is 0 Å². The number of rotatable bonds is 4. The van der Waals surface area contributed by atoms with Crippen LogP contribution in [0.2, 0.25) is 0 Å². The first-order chi connectivity index (χ1) is 8.56. The third kappa shape index (κ3) is 3.55. The topological polar surface area (TPSA) is 43.8 Å². The maximum Gasteiger partial charge on any atom is 0.0521 e. The monoisotopic (exact) mass is 419 g/mol. The SMILES string of the molecule is Cn1cc(CCC(N)c2cc(I)ccc2Br)cn1. The van der Waals surface area contributed by atoms with Gasteiger partial charge in [0.2, 0.25) is 0 Å². The van der Waals surface area contributed by atoms with Gasteiger partial charge in [0.05, 0.1) is 6.20 Å². The molecule has 2 N–H and O–H groups in total. The molecule has 0 bridgehead atoms. The molecule has 0 aliphatic heterocycles. The van der Waals surface area contributed by atoms with E-state index in [0.717, 1.165) is 17.3 Å². The predicted octanol–water partition coefficient (Wildman–Crippen LogP) is 3.42. The van der Waals surface area contributed by atoms with Crippen molar-refractivity contribution in [2.75, 3.05) is 0 Å². The number of nitrogens with two attached hydrogens (primary N) is 1. The fraction of sp³-hybridized carbons (Fsp3) is 0.308. The lowest BCUT2D eigenvalue weighted by atomic mass is 10.0. The molecule has 1 unspecified atom stereocenters. The molecule has 2 rings (SSSR count). The van der Waals surface area contributed by atoms with E-state index in [1.54, 1.807) is 0 Å². The number of aryl methyl sites for hydroxylation is 2. The molecular formula is C13H15BrIN3. The lowest BCUT2D eigenvalue weighted by molar-refractivity contribution is 0.648. The number of aromatic nitrogens is 2. The van der Waals surface area contributed by atoms with E-state index in [1.165, 1.54) is 14.7 Å². The van der Waals surface area contributed by atoms with Gasteiger partial charge < -0.3 is 5.73 Å². The Kier molecular flexibility index (Phi) is 4.80. The Balaban J connectivity index is 2.03. The Hall–Kier alpha value is -0.400. The van der Waals surface area contributed by atoms with Crippen LogP contribution in [-0.4, -0.2) is 9.78 Å². The number of benzene rings is 1. The average molecular weight is 420 g/mol. The smallest absolute Gasteiger partial charge is 0.0521 e. The van der Waals surface area contributed by atoms with Gasteiger partial charge >= 0.3 is 0 Å². The normalized spacial score (nSPS) is 12.7. The zero-order chi connectivity index (χ0) is 13.1. The average Bonchev–Trinajstić information content (AvgIpc) is 2.75. The molecule has 1 heterocycles. The molecule has 1 aromatic heterocycles. The van der Waals surface area contributed by atoms with E-state index in [4.69, 9.17) is 5.73 Å². The van der Waals surface area contributed by atoms with Crippen LogP contribution in [0.25, 0.3) is 0 Å². The van der Waals surface area contributed by atoms with Crippen molar-refractivity contribution in [2.24, 2.45) is 12.8 Å². The van der Waals surface area contributed by atoms with Gasteiger partial charge in [-0.1, -0.05) is 15.9 Å². The third-order valence-electron chi connectivity index (χ3n) is 2.86. The minimum atomic E-state index is 0.0503. The number of nitrogens with zero attached hydrogens (tertiary/aromatic N) is 2. The maximum atomic E-state index is 6.26. The van der Waals surface area contributed by atoms with Crippen LogP contribution >= 0.6 is 38.5 Å². The molecule has 2 aromatic rings. The van der Waals surface area contributed by atoms with Crippen molar-refractivity contribution >= 4 is 38.5 Å². The molecule has 3 nitrogen and oxygen atoms in total. The Morgan fingerprint density at radius 1 is 1.50 bits per heavy atom. The quantitative estimate of drug-likeness (QED) is 0.771. The van der Waals surface area contributed by atoms with Crippen LogP contribution in [0.1, 0.15) is 23.6 Å². The summed E-state index contributed by atoms with van der Waals surface area (Å²) in [5, 5.41) is 4.16. The zero-order valence-corrected chi connectivity index (χ0v) is 13.8. The van der Waals surface area contributed by atoms with Crippen LogP contribution < -0.4 is 5.73 Å². The lowest BCUT2D eigenvalue weighted by Gasteiger charge is -2.13. The molecule has 18 heavy (non-hydrogen) atoms. The molecule has 0 aliphatic carbocycles. The molecule has 1 aromatic carbocycles. The molecule has 1 atom stereocenters. The van der Waals surface area contributed by atoms with Gasteiger partial charge in [-0.2, -0.15) is 5.10 Å². The highest BCUT2D eigenvalue weighted by Crippen LogP contribution is 2.26. The highest BCUT2D eigenvalue weighted by Gasteiger charge is 2.11. The van der Waals surface area contributed by atoms with Gasteiger partial charge in [-0.05, 0) is 64.8 Å². The van der Waals surface area contributed by atoms with Crippen LogP contribution in [0.5, 0.6) is 0 Å². The molecule has 96 valence electrons. The van der Waals surface area contributed by atoms with Crippen molar-refractivity contribution in [3.05, 3.63) is 49.8 Å². The van der Waals surface area contributed by atoms with E-state index in [1.807, 2.05) is 24.1 Å². The fourth-order valence-electron chi connectivity index (χ4n) is 1.88. The summed E-state index contributed by atoms with van der Waals surface area (Å²) in [5.41, 5.74) is 8.66. The molecular weight excluding hydrogens is 405 g/mol. The first-order valence-corrected chi connectivity index (χ1v) is 7.61. The van der Waals surface area contributed by atoms with Crippen LogP contribution in [-0.2, 0) is 13.5 Å². The third-order valence-corrected chi connectivity index (χ3v) is 4.25. The van der Waals surface area contributed by atoms with Gasteiger partial charge in [0.1, 0.15) is 0 Å². The molecule has 0 saturated carbocycles. The summed E-state index contributed by atoms with van der Waals surface area (Å²) in [6.07, 6.45) is 5.81. The van der Waals surface area contributed by atoms with Crippen LogP contribution in [0.4, 0.5) is 0 Å². The molecule has 0 radical (unpaired) electrons. The van der Waals surface area contributed by atoms with Gasteiger partial charge in [-0.3, -0.25) is 4.68 Å². The largest absolute Gasteiger partial charge is 0.324 e. The molecule has 0 saturated heterocycles. The summed E-state index contributed by atoms with van der Waals surface area (Å²) in [7, 11) is 1.93. The Morgan fingerprint density at radius 3 is 2.94 bits per heavy atom. The fourth-order valence-corrected chi connectivity index (χ4v) is 2.93. The highest BCUT2D eigenvalue weighted by atomic mass is 127. The first-order valence-electron chi connectivity index (χ1n) is 5.74. The van der Waals surface area contributed by atoms with Crippen LogP contribution in [0.3, 0.4) is 0 Å². The van der Waals surface area contributed by atoms with Crippen LogP contribution in [0.15, 0.2) is 35.1 Å². The maximum absolute atomic E-state index is 6.26. The van der Waals surface area contributed by atoms with Crippen molar-refractivity contribution < 1.29 is 0 Å². The minimum absolute atomic E-state index is 0.0503. The predicted molar refractivity (Wildman–Crippen MR) is 85.3 cm³/mol. The van der Waals surface area contributed by atoms with E-state index >= 15 is 0 Å². The van der Waals surface area contributed by atoms with E-state index in [0.29, 0.717) is 0 Å². The second-order valence-electron chi connectivity index (χ2n) is 4.33. The summed E-state index contributed by atoms with van der Waals surface area (Å²) in [6, 6.07) is 6.32. The van der Waals surface area contributed by atoms with Gasteiger partial charge in [-0.15, -0.1) is 0 Å². The van der Waals surface area contributed by atoms with Crippen LogP contribution in [0, 0.1) is 3.57 Å². The van der Waals surface area contributed by atoms with E-state index in [2.05, 4.69) is 61.8 Å². The molecule has 5 heteroatoms. The second-order valence-corrected chi connectivity index (χ2v) is 6.43. The lowest BCUT2D eigenvalue weighted by Crippen LogP contribution is -2.12. The summed E-state index contributed by atoms with van der Waals surface area (Å²) < 4.78 is 4.12. The Morgan fingerprint density at radius 2 is 2.28 bits per heavy atom. The van der Waals surface area contributed by atoms with Gasteiger partial charge in [0.25, 0.3) is 0 Å². The molecule has 0 amide bonds.